The molecule has 0 spiro atoms. The van der Waals surface area contributed by atoms with Crippen LogP contribution in [0.5, 0.6) is 5.75 Å². The molecule has 1 atom stereocenters. The molecule has 0 saturated carbocycles. The van der Waals surface area contributed by atoms with Crippen LogP contribution in [0.15, 0.2) is 70.0 Å². The van der Waals surface area contributed by atoms with E-state index in [1.807, 2.05) is 0 Å². The van der Waals surface area contributed by atoms with Gasteiger partial charge in [0.1, 0.15) is 17.6 Å². The van der Waals surface area contributed by atoms with Crippen LogP contribution in [-0.4, -0.2) is 32.0 Å². The second kappa shape index (κ2) is 9.33. The summed E-state index contributed by atoms with van der Waals surface area (Å²) in [4.78, 5) is 16.9. The molecule has 1 aromatic heterocycles. The molecule has 0 bridgehead atoms. The highest BCUT2D eigenvalue weighted by atomic mass is 32.2. The van der Waals surface area contributed by atoms with Crippen molar-refractivity contribution in [1.29, 1.82) is 0 Å². The van der Waals surface area contributed by atoms with Gasteiger partial charge < -0.3 is 9.30 Å². The third-order valence-corrected chi connectivity index (χ3v) is 6.59. The smallest absolute Gasteiger partial charge is 0.266 e. The third-order valence-electron chi connectivity index (χ3n) is 4.24. The van der Waals surface area contributed by atoms with Crippen molar-refractivity contribution >= 4 is 27.3 Å². The van der Waals surface area contributed by atoms with E-state index in [2.05, 4.69) is 9.71 Å². The summed E-state index contributed by atoms with van der Waals surface area (Å²) in [5, 5.41) is 1.72. The minimum absolute atomic E-state index is 0.00805. The van der Waals surface area contributed by atoms with E-state index < -0.39 is 22.0 Å². The highest BCUT2D eigenvalue weighted by Crippen LogP contribution is 2.15. The summed E-state index contributed by atoms with van der Waals surface area (Å²) in [5.74, 6) is -0.490. The molecule has 3 aromatic rings. The Balaban J connectivity index is 1.76. The molecule has 2 aromatic carbocycles. The van der Waals surface area contributed by atoms with Gasteiger partial charge in [-0.15, -0.1) is 11.3 Å². The van der Waals surface area contributed by atoms with Crippen LogP contribution < -0.4 is 14.3 Å². The fraction of sp³-hybridized carbons (Fsp3) is 0.200. The molecular formula is C20H20FN3O4S2. The van der Waals surface area contributed by atoms with Crippen LogP contribution in [0.25, 0.3) is 0 Å². The molecule has 1 heterocycles. The number of benzene rings is 2. The lowest BCUT2D eigenvalue weighted by Gasteiger charge is -2.11. The lowest BCUT2D eigenvalue weighted by Crippen LogP contribution is -2.38. The first-order chi connectivity index (χ1) is 14.3. The molecule has 1 N–H and O–H groups in total. The van der Waals surface area contributed by atoms with Gasteiger partial charge in [0, 0.05) is 17.1 Å². The van der Waals surface area contributed by atoms with Crippen LogP contribution in [0, 0.1) is 5.82 Å². The number of halogens is 1. The summed E-state index contributed by atoms with van der Waals surface area (Å²) >= 11 is 1.20. The minimum atomic E-state index is -3.91. The number of ether oxygens (including phenoxy) is 1. The molecule has 0 radical (unpaired) electrons. The summed E-state index contributed by atoms with van der Waals surface area (Å²) in [6.07, 6.45) is 1.69. The van der Waals surface area contributed by atoms with E-state index in [0.29, 0.717) is 16.1 Å². The molecule has 158 valence electrons. The van der Waals surface area contributed by atoms with E-state index in [1.165, 1.54) is 55.7 Å². The number of carbonyl (C=O) groups excluding carboxylic acids is 1. The van der Waals surface area contributed by atoms with Crippen molar-refractivity contribution in [2.75, 3.05) is 7.11 Å². The normalized spacial score (nSPS) is 13.2. The zero-order chi connectivity index (χ0) is 21.7. The van der Waals surface area contributed by atoms with Gasteiger partial charge in [0.15, 0.2) is 4.80 Å². The quantitative estimate of drug-likeness (QED) is 0.600. The molecule has 0 saturated heterocycles. The molecule has 0 aliphatic rings. The number of carbonyl (C=O) groups is 1. The van der Waals surface area contributed by atoms with E-state index in [4.69, 9.17) is 4.74 Å². The second-order valence-corrected chi connectivity index (χ2v) is 8.96. The van der Waals surface area contributed by atoms with Gasteiger partial charge >= 0.3 is 0 Å². The molecule has 0 aliphatic heterocycles. The van der Waals surface area contributed by atoms with Crippen LogP contribution in [0.1, 0.15) is 12.5 Å². The summed E-state index contributed by atoms with van der Waals surface area (Å²) in [6.45, 7) is 1.62. The summed E-state index contributed by atoms with van der Waals surface area (Å²) in [6, 6.07) is 11.1. The van der Waals surface area contributed by atoms with Crippen LogP contribution in [0.3, 0.4) is 0 Å². The van der Waals surface area contributed by atoms with Gasteiger partial charge in [0.25, 0.3) is 5.91 Å². The zero-order valence-corrected chi connectivity index (χ0v) is 17.9. The van der Waals surface area contributed by atoms with Crippen molar-refractivity contribution in [2.45, 2.75) is 24.4 Å². The fourth-order valence-corrected chi connectivity index (χ4v) is 4.54. The van der Waals surface area contributed by atoms with E-state index in [1.54, 1.807) is 34.3 Å². The SMILES string of the molecule is COc1ccc(S(=O)(=O)N[C@@H](C)C(=O)N=c2sccn2Cc2ccccc2F)cc1. The Morgan fingerprint density at radius 1 is 1.23 bits per heavy atom. The van der Waals surface area contributed by atoms with Crippen molar-refractivity contribution in [3.8, 4) is 5.75 Å². The molecule has 0 aliphatic carbocycles. The summed E-state index contributed by atoms with van der Waals surface area (Å²) in [7, 11) is -2.43. The predicted octanol–water partition coefficient (Wildman–Crippen LogP) is 2.54. The van der Waals surface area contributed by atoms with E-state index in [-0.39, 0.29) is 17.3 Å². The van der Waals surface area contributed by atoms with Gasteiger partial charge in [-0.05, 0) is 37.3 Å². The number of nitrogens with one attached hydrogen (secondary N) is 1. The number of thiazole rings is 1. The van der Waals surface area contributed by atoms with Gasteiger partial charge in [-0.1, -0.05) is 18.2 Å². The van der Waals surface area contributed by atoms with Gasteiger partial charge in [0.05, 0.1) is 18.6 Å². The van der Waals surface area contributed by atoms with Crippen LogP contribution in [-0.2, 0) is 21.4 Å². The standard InChI is InChI=1S/C20H20FN3O4S2/c1-14(23-30(26,27)17-9-7-16(28-2)8-10-17)19(25)22-20-24(11-12-29-20)13-15-5-3-4-6-18(15)21/h3-12,14,23H,13H2,1-2H3/t14-/m0/s1. The number of nitrogens with zero attached hydrogens (tertiary/aromatic N) is 2. The van der Waals surface area contributed by atoms with E-state index in [0.717, 1.165) is 0 Å². The lowest BCUT2D eigenvalue weighted by molar-refractivity contribution is -0.119. The van der Waals surface area contributed by atoms with E-state index in [9.17, 15) is 17.6 Å². The van der Waals surface area contributed by atoms with Gasteiger partial charge in [0.2, 0.25) is 10.0 Å². The van der Waals surface area contributed by atoms with Gasteiger partial charge in [-0.3, -0.25) is 4.79 Å². The number of amides is 1. The number of hydrogen-bond donors (Lipinski definition) is 1. The highest BCUT2D eigenvalue weighted by Gasteiger charge is 2.22. The number of hydrogen-bond acceptors (Lipinski definition) is 5. The molecule has 1 amide bonds. The minimum Gasteiger partial charge on any atom is -0.497 e. The molecule has 3 rings (SSSR count). The number of aromatic nitrogens is 1. The number of sulfonamides is 1. The fourth-order valence-electron chi connectivity index (χ4n) is 2.61. The Morgan fingerprint density at radius 3 is 2.60 bits per heavy atom. The summed E-state index contributed by atoms with van der Waals surface area (Å²) in [5.41, 5.74) is 0.457. The van der Waals surface area contributed by atoms with Crippen molar-refractivity contribution < 1.29 is 22.3 Å². The number of rotatable bonds is 7. The van der Waals surface area contributed by atoms with Crippen LogP contribution in [0.4, 0.5) is 4.39 Å². The highest BCUT2D eigenvalue weighted by molar-refractivity contribution is 7.89. The average molecular weight is 450 g/mol. The largest absolute Gasteiger partial charge is 0.497 e. The predicted molar refractivity (Wildman–Crippen MR) is 111 cm³/mol. The molecule has 30 heavy (non-hydrogen) atoms. The van der Waals surface area contributed by atoms with Gasteiger partial charge in [-0.25, -0.2) is 12.8 Å². The molecule has 7 nitrogen and oxygen atoms in total. The monoisotopic (exact) mass is 449 g/mol. The van der Waals surface area contributed by atoms with Crippen LogP contribution in [0.2, 0.25) is 0 Å². The van der Waals surface area contributed by atoms with E-state index >= 15 is 0 Å². The topological polar surface area (TPSA) is 89.8 Å². The van der Waals surface area contributed by atoms with Crippen LogP contribution >= 0.6 is 11.3 Å². The molecule has 0 unspecified atom stereocenters. The van der Waals surface area contributed by atoms with Crippen molar-refractivity contribution in [3.05, 3.63) is 76.3 Å². The van der Waals surface area contributed by atoms with Gasteiger partial charge in [-0.2, -0.15) is 9.71 Å². The summed E-state index contributed by atoms with van der Waals surface area (Å²) < 4.78 is 47.9. The Bertz CT molecular complexity index is 1200. The third kappa shape index (κ3) is 5.21. The Hall–Kier alpha value is -2.82. The van der Waals surface area contributed by atoms with Crippen molar-refractivity contribution in [1.82, 2.24) is 9.29 Å². The first-order valence-electron chi connectivity index (χ1n) is 8.92. The maximum atomic E-state index is 13.9. The number of methoxy groups -OCH3 is 1. The first-order valence-corrected chi connectivity index (χ1v) is 11.3. The lowest BCUT2D eigenvalue weighted by atomic mass is 10.2. The van der Waals surface area contributed by atoms with Crippen molar-refractivity contribution in [2.24, 2.45) is 4.99 Å². The first kappa shape index (κ1) is 21.9. The maximum absolute atomic E-state index is 13.9. The second-order valence-electron chi connectivity index (χ2n) is 6.37. The molecular weight excluding hydrogens is 429 g/mol. The Labute approximate surface area is 177 Å². The Kier molecular flexibility index (Phi) is 6.80. The van der Waals surface area contributed by atoms with Crippen molar-refractivity contribution in [3.63, 3.8) is 0 Å². The molecule has 0 fully saturated rings. The zero-order valence-electron chi connectivity index (χ0n) is 16.3. The molecule has 10 heteroatoms. The Morgan fingerprint density at radius 2 is 1.93 bits per heavy atom. The maximum Gasteiger partial charge on any atom is 0.266 e. The average Bonchev–Trinajstić information content (AvgIpc) is 3.16.